The number of pyridine rings is 1. The molecule has 7 heteroatoms. The predicted molar refractivity (Wildman–Crippen MR) is 124 cm³/mol. The number of benzene rings is 1. The number of nitrogens with zero attached hydrogens (tertiary/aromatic N) is 4. The lowest BCUT2D eigenvalue weighted by Crippen LogP contribution is -2.49. The van der Waals surface area contributed by atoms with Crippen LogP contribution in [0.1, 0.15) is 41.1 Å². The summed E-state index contributed by atoms with van der Waals surface area (Å²) >= 11 is 0. The maximum Gasteiger partial charge on any atom is 0.289 e. The fourth-order valence-electron chi connectivity index (χ4n) is 4.61. The van der Waals surface area contributed by atoms with Crippen molar-refractivity contribution in [1.82, 2.24) is 9.88 Å². The van der Waals surface area contributed by atoms with Crippen LogP contribution in [-0.2, 0) is 17.8 Å². The Bertz CT molecular complexity index is 1200. The van der Waals surface area contributed by atoms with E-state index in [4.69, 9.17) is 14.1 Å². The Morgan fingerprint density at radius 3 is 2.48 bits per heavy atom. The Hall–Kier alpha value is -3.63. The molecule has 0 saturated carbocycles. The van der Waals surface area contributed by atoms with Gasteiger partial charge in [0.05, 0.1) is 29.7 Å². The van der Waals surface area contributed by atoms with E-state index in [1.54, 1.807) is 17.0 Å². The Balaban J connectivity index is 1.51. The number of nitriles is 1. The standard InChI is InChI=1S/C26H26N4O3/c1-26(2)15-19-20(16-27)24(28-23(21(19)17-33-26)18-7-4-3-5-8-18)29-10-12-30(13-11-29)25(31)22-9-6-14-32-22/h3-9,14H,10-13,15,17H2,1-2H3. The van der Waals surface area contributed by atoms with Crippen LogP contribution in [0.25, 0.3) is 11.3 Å². The first-order valence-electron chi connectivity index (χ1n) is 11.2. The fourth-order valence-corrected chi connectivity index (χ4v) is 4.61. The summed E-state index contributed by atoms with van der Waals surface area (Å²) in [5.74, 6) is 0.932. The van der Waals surface area contributed by atoms with E-state index in [9.17, 15) is 10.1 Å². The van der Waals surface area contributed by atoms with Crippen LogP contribution in [0.15, 0.2) is 53.1 Å². The molecule has 2 aliphatic heterocycles. The number of piperazine rings is 1. The Morgan fingerprint density at radius 1 is 1.06 bits per heavy atom. The van der Waals surface area contributed by atoms with Crippen LogP contribution in [0, 0.1) is 11.3 Å². The van der Waals surface area contributed by atoms with E-state index in [0.717, 1.165) is 22.4 Å². The van der Waals surface area contributed by atoms with Crippen molar-refractivity contribution in [3.05, 3.63) is 71.2 Å². The van der Waals surface area contributed by atoms with Crippen LogP contribution in [0.5, 0.6) is 0 Å². The van der Waals surface area contributed by atoms with Gasteiger partial charge in [0.1, 0.15) is 11.9 Å². The molecule has 0 aliphatic carbocycles. The highest BCUT2D eigenvalue weighted by Gasteiger charge is 2.34. The summed E-state index contributed by atoms with van der Waals surface area (Å²) < 4.78 is 11.4. The molecule has 0 spiro atoms. The van der Waals surface area contributed by atoms with E-state index in [0.29, 0.717) is 56.3 Å². The van der Waals surface area contributed by atoms with Crippen LogP contribution < -0.4 is 4.90 Å². The number of ether oxygens (including phenoxy) is 1. The molecule has 33 heavy (non-hydrogen) atoms. The number of fused-ring (bicyclic) bond motifs is 1. The molecule has 0 unspecified atom stereocenters. The van der Waals surface area contributed by atoms with Crippen molar-refractivity contribution in [3.8, 4) is 17.3 Å². The van der Waals surface area contributed by atoms with Gasteiger partial charge in [0.15, 0.2) is 5.76 Å². The second-order valence-electron chi connectivity index (χ2n) is 9.08. The van der Waals surface area contributed by atoms with E-state index in [1.807, 2.05) is 30.3 Å². The summed E-state index contributed by atoms with van der Waals surface area (Å²) in [4.78, 5) is 21.6. The highest BCUT2D eigenvalue weighted by atomic mass is 16.5. The molecule has 168 valence electrons. The number of hydrogen-bond acceptors (Lipinski definition) is 6. The zero-order valence-electron chi connectivity index (χ0n) is 18.9. The largest absolute Gasteiger partial charge is 0.459 e. The second kappa shape index (κ2) is 8.38. The predicted octanol–water partition coefficient (Wildman–Crippen LogP) is 4.03. The van der Waals surface area contributed by atoms with Gasteiger partial charge in [-0.25, -0.2) is 4.98 Å². The van der Waals surface area contributed by atoms with Gasteiger partial charge in [0.2, 0.25) is 0 Å². The molecule has 0 bridgehead atoms. The van der Waals surface area contributed by atoms with Gasteiger partial charge in [0, 0.05) is 43.7 Å². The molecule has 1 amide bonds. The van der Waals surface area contributed by atoms with Crippen molar-refractivity contribution >= 4 is 11.7 Å². The van der Waals surface area contributed by atoms with E-state index >= 15 is 0 Å². The first-order chi connectivity index (χ1) is 16.0. The normalized spacial score (nSPS) is 17.4. The van der Waals surface area contributed by atoms with Crippen molar-refractivity contribution in [2.45, 2.75) is 32.5 Å². The number of rotatable bonds is 3. The minimum Gasteiger partial charge on any atom is -0.459 e. The molecular formula is C26H26N4O3. The van der Waals surface area contributed by atoms with E-state index in [1.165, 1.54) is 6.26 Å². The van der Waals surface area contributed by atoms with Crippen LogP contribution in [0.2, 0.25) is 0 Å². The van der Waals surface area contributed by atoms with Gasteiger partial charge in [-0.3, -0.25) is 4.79 Å². The molecule has 3 aromatic rings. The van der Waals surface area contributed by atoms with Crippen molar-refractivity contribution in [2.75, 3.05) is 31.1 Å². The number of aromatic nitrogens is 1. The highest BCUT2D eigenvalue weighted by molar-refractivity contribution is 5.91. The molecule has 1 aromatic carbocycles. The maximum absolute atomic E-state index is 12.7. The molecule has 2 aromatic heterocycles. The van der Waals surface area contributed by atoms with Gasteiger partial charge in [0.25, 0.3) is 5.91 Å². The molecular weight excluding hydrogens is 416 g/mol. The minimum atomic E-state index is -0.348. The number of hydrogen-bond donors (Lipinski definition) is 0. The molecule has 4 heterocycles. The molecule has 5 rings (SSSR count). The van der Waals surface area contributed by atoms with E-state index < -0.39 is 0 Å². The molecule has 0 atom stereocenters. The summed E-state index contributed by atoms with van der Waals surface area (Å²) in [6.45, 7) is 6.82. The van der Waals surface area contributed by atoms with Gasteiger partial charge in [-0.05, 0) is 31.5 Å². The first kappa shape index (κ1) is 21.2. The third-order valence-corrected chi connectivity index (χ3v) is 6.36. The fraction of sp³-hybridized carbons (Fsp3) is 0.346. The van der Waals surface area contributed by atoms with Gasteiger partial charge < -0.3 is 19.0 Å². The Morgan fingerprint density at radius 2 is 1.82 bits per heavy atom. The van der Waals surface area contributed by atoms with Gasteiger partial charge >= 0.3 is 0 Å². The van der Waals surface area contributed by atoms with E-state index in [2.05, 4.69) is 24.8 Å². The van der Waals surface area contributed by atoms with Crippen molar-refractivity contribution < 1.29 is 13.9 Å². The van der Waals surface area contributed by atoms with Crippen molar-refractivity contribution in [3.63, 3.8) is 0 Å². The SMILES string of the molecule is CC1(C)Cc2c(C#N)c(N3CCN(C(=O)c4ccco4)CC3)nc(-c3ccccc3)c2CO1. The third kappa shape index (κ3) is 3.98. The second-order valence-corrected chi connectivity index (χ2v) is 9.08. The lowest BCUT2D eigenvalue weighted by atomic mass is 9.86. The zero-order valence-corrected chi connectivity index (χ0v) is 18.9. The summed E-state index contributed by atoms with van der Waals surface area (Å²) in [6.07, 6.45) is 2.16. The number of carbonyl (C=O) groups excluding carboxylic acids is 1. The number of amides is 1. The lowest BCUT2D eigenvalue weighted by molar-refractivity contribution is -0.0400. The average molecular weight is 443 g/mol. The van der Waals surface area contributed by atoms with Crippen molar-refractivity contribution in [1.29, 1.82) is 5.26 Å². The smallest absolute Gasteiger partial charge is 0.289 e. The third-order valence-electron chi connectivity index (χ3n) is 6.36. The van der Waals surface area contributed by atoms with Crippen molar-refractivity contribution in [2.24, 2.45) is 0 Å². The summed E-state index contributed by atoms with van der Waals surface area (Å²) in [5.41, 5.74) is 4.16. The first-order valence-corrected chi connectivity index (χ1v) is 11.2. The number of anilines is 1. The highest BCUT2D eigenvalue weighted by Crippen LogP contribution is 2.39. The maximum atomic E-state index is 12.7. The number of carbonyl (C=O) groups is 1. The summed E-state index contributed by atoms with van der Waals surface area (Å²) in [7, 11) is 0. The quantitative estimate of drug-likeness (QED) is 0.609. The molecule has 0 N–H and O–H groups in total. The Kier molecular flexibility index (Phi) is 5.39. The van der Waals surface area contributed by atoms with Gasteiger partial charge in [-0.1, -0.05) is 30.3 Å². The monoisotopic (exact) mass is 442 g/mol. The Labute approximate surface area is 193 Å². The van der Waals surface area contributed by atoms with Gasteiger partial charge in [-0.2, -0.15) is 5.26 Å². The molecule has 1 saturated heterocycles. The molecule has 1 fully saturated rings. The molecule has 0 radical (unpaired) electrons. The average Bonchev–Trinajstić information content (AvgIpc) is 3.37. The number of furan rings is 1. The van der Waals surface area contributed by atoms with Crippen LogP contribution in [-0.4, -0.2) is 47.6 Å². The zero-order chi connectivity index (χ0) is 23.0. The van der Waals surface area contributed by atoms with Crippen LogP contribution in [0.4, 0.5) is 5.82 Å². The molecule has 7 nitrogen and oxygen atoms in total. The van der Waals surface area contributed by atoms with Gasteiger partial charge in [-0.15, -0.1) is 0 Å². The minimum absolute atomic E-state index is 0.109. The molecule has 2 aliphatic rings. The van der Waals surface area contributed by atoms with Crippen LogP contribution >= 0.6 is 0 Å². The van der Waals surface area contributed by atoms with Crippen LogP contribution in [0.3, 0.4) is 0 Å². The summed E-state index contributed by atoms with van der Waals surface area (Å²) in [5, 5.41) is 10.2. The van der Waals surface area contributed by atoms with E-state index in [-0.39, 0.29) is 11.5 Å². The topological polar surface area (TPSA) is 82.6 Å². The summed E-state index contributed by atoms with van der Waals surface area (Å²) in [6, 6.07) is 15.9. The lowest BCUT2D eigenvalue weighted by Gasteiger charge is -2.38.